The number of fused-ring (bicyclic) bond motifs is 1. The highest BCUT2D eigenvalue weighted by molar-refractivity contribution is 5.97. The summed E-state index contributed by atoms with van der Waals surface area (Å²) in [6.07, 6.45) is 4.94. The minimum absolute atomic E-state index is 0.0818. The third kappa shape index (κ3) is 2.04. The van der Waals surface area contributed by atoms with Crippen LogP contribution in [0.25, 0.3) is 16.6 Å². The summed E-state index contributed by atoms with van der Waals surface area (Å²) in [5, 5.41) is 13.6. The van der Waals surface area contributed by atoms with E-state index in [0.29, 0.717) is 11.6 Å². The first-order valence-corrected chi connectivity index (χ1v) is 6.19. The number of imidazole rings is 1. The van der Waals surface area contributed by atoms with Gasteiger partial charge in [-0.2, -0.15) is 0 Å². The first-order chi connectivity index (χ1) is 10.3. The van der Waals surface area contributed by atoms with E-state index in [9.17, 15) is 0 Å². The number of hydrogen-bond acceptors (Lipinski definition) is 5. The Balaban J connectivity index is 2.30. The smallest absolute Gasteiger partial charge is 0.206 e. The van der Waals surface area contributed by atoms with Gasteiger partial charge in [-0.15, -0.1) is 0 Å². The van der Waals surface area contributed by atoms with Crippen LogP contribution >= 0.6 is 0 Å². The summed E-state index contributed by atoms with van der Waals surface area (Å²) in [4.78, 5) is 8.47. The fraction of sp³-hybridized carbons (Fsp3) is 0.0714. The molecule has 0 spiro atoms. The number of aromatic nitrogens is 3. The Morgan fingerprint density at radius 2 is 2.10 bits per heavy atom. The summed E-state index contributed by atoms with van der Waals surface area (Å²) in [6.45, 7) is 0. The molecule has 2 heterocycles. The van der Waals surface area contributed by atoms with Gasteiger partial charge in [0.05, 0.1) is 7.11 Å². The Bertz CT molecular complexity index is 825. The topological polar surface area (TPSA) is 98.6 Å². The number of nitrogens with zero attached hydrogens (tertiary/aromatic N) is 4. The van der Waals surface area contributed by atoms with Gasteiger partial charge in [0.25, 0.3) is 0 Å². The van der Waals surface area contributed by atoms with Crippen LogP contribution in [0.4, 0.5) is 0 Å². The molecule has 3 aromatic rings. The molecule has 1 aromatic carbocycles. The van der Waals surface area contributed by atoms with Crippen LogP contribution in [-0.2, 0) is 0 Å². The van der Waals surface area contributed by atoms with Gasteiger partial charge in [0.1, 0.15) is 11.6 Å². The monoisotopic (exact) mass is 283 g/mol. The quantitative estimate of drug-likeness (QED) is 0.329. The summed E-state index contributed by atoms with van der Waals surface area (Å²) in [6, 6.07) is 7.56. The molecule has 0 unspecified atom stereocenters. The molecular formula is C14H13N5O2. The van der Waals surface area contributed by atoms with E-state index in [1.54, 1.807) is 30.3 Å². The average molecular weight is 283 g/mol. The second-order valence-electron chi connectivity index (χ2n) is 4.30. The molecule has 7 nitrogen and oxygen atoms in total. The van der Waals surface area contributed by atoms with Crippen LogP contribution in [0.2, 0.25) is 0 Å². The molecular weight excluding hydrogens is 270 g/mol. The molecule has 0 aliphatic carbocycles. The zero-order chi connectivity index (χ0) is 14.8. The van der Waals surface area contributed by atoms with Crippen LogP contribution in [0, 0.1) is 0 Å². The van der Waals surface area contributed by atoms with Crippen molar-refractivity contribution in [3.8, 4) is 11.6 Å². The van der Waals surface area contributed by atoms with Gasteiger partial charge >= 0.3 is 0 Å². The van der Waals surface area contributed by atoms with Gasteiger partial charge in [-0.3, -0.25) is 4.57 Å². The number of amidine groups is 1. The van der Waals surface area contributed by atoms with E-state index in [1.165, 1.54) is 0 Å². The molecule has 0 saturated carbocycles. The van der Waals surface area contributed by atoms with Crippen molar-refractivity contribution in [2.24, 2.45) is 10.9 Å². The highest BCUT2D eigenvalue weighted by Crippen LogP contribution is 2.28. The molecule has 0 bridgehead atoms. The zero-order valence-electron chi connectivity index (χ0n) is 11.3. The van der Waals surface area contributed by atoms with Crippen molar-refractivity contribution < 1.29 is 9.94 Å². The number of nitrogens with two attached hydrogens (primary N) is 1. The van der Waals surface area contributed by atoms with Crippen molar-refractivity contribution in [2.75, 3.05) is 7.11 Å². The van der Waals surface area contributed by atoms with Crippen molar-refractivity contribution >= 4 is 16.6 Å². The van der Waals surface area contributed by atoms with Gasteiger partial charge < -0.3 is 15.7 Å². The highest BCUT2D eigenvalue weighted by Gasteiger charge is 2.14. The maximum absolute atomic E-state index is 8.84. The predicted octanol–water partition coefficient (Wildman–Crippen LogP) is 1.52. The second-order valence-corrected chi connectivity index (χ2v) is 4.30. The Morgan fingerprint density at radius 3 is 2.86 bits per heavy atom. The van der Waals surface area contributed by atoms with Crippen LogP contribution < -0.4 is 10.5 Å². The Morgan fingerprint density at radius 1 is 1.24 bits per heavy atom. The molecule has 0 amide bonds. The average Bonchev–Trinajstić information content (AvgIpc) is 3.02. The largest absolute Gasteiger partial charge is 0.496 e. The maximum atomic E-state index is 8.84. The van der Waals surface area contributed by atoms with Crippen LogP contribution in [0.3, 0.4) is 0 Å². The Kier molecular flexibility index (Phi) is 3.15. The lowest BCUT2D eigenvalue weighted by atomic mass is 10.1. The van der Waals surface area contributed by atoms with Gasteiger partial charge in [-0.1, -0.05) is 17.3 Å². The van der Waals surface area contributed by atoms with E-state index in [-0.39, 0.29) is 5.84 Å². The standard InChI is InChI=1S/C14H13N5O2/c1-21-11-4-2-3-10-9(11)5-6-16-13(10)19-8-7-17-14(19)12(15)18-20/h2-8,20H,1H3,(H2,15,18). The molecule has 7 heteroatoms. The molecule has 3 rings (SSSR count). The van der Waals surface area contributed by atoms with E-state index in [4.69, 9.17) is 15.7 Å². The van der Waals surface area contributed by atoms with Gasteiger partial charge in [0.15, 0.2) is 5.82 Å². The number of ether oxygens (including phenoxy) is 1. The number of methoxy groups -OCH3 is 1. The number of rotatable bonds is 3. The van der Waals surface area contributed by atoms with Crippen LogP contribution in [0.1, 0.15) is 5.82 Å². The van der Waals surface area contributed by atoms with Crippen molar-refractivity contribution in [1.82, 2.24) is 14.5 Å². The first kappa shape index (κ1) is 12.9. The zero-order valence-corrected chi connectivity index (χ0v) is 11.3. The van der Waals surface area contributed by atoms with Crippen LogP contribution in [0.15, 0.2) is 48.0 Å². The van der Waals surface area contributed by atoms with Gasteiger partial charge in [0.2, 0.25) is 5.84 Å². The van der Waals surface area contributed by atoms with Gasteiger partial charge in [-0.05, 0) is 12.1 Å². The van der Waals surface area contributed by atoms with Crippen molar-refractivity contribution in [1.29, 1.82) is 0 Å². The van der Waals surface area contributed by atoms with E-state index >= 15 is 0 Å². The first-order valence-electron chi connectivity index (χ1n) is 6.19. The third-order valence-corrected chi connectivity index (χ3v) is 3.17. The summed E-state index contributed by atoms with van der Waals surface area (Å²) in [5.41, 5.74) is 5.64. The van der Waals surface area contributed by atoms with E-state index < -0.39 is 0 Å². The van der Waals surface area contributed by atoms with Crippen molar-refractivity contribution in [3.63, 3.8) is 0 Å². The van der Waals surface area contributed by atoms with E-state index in [0.717, 1.165) is 16.5 Å². The number of pyridine rings is 1. The summed E-state index contributed by atoms with van der Waals surface area (Å²) < 4.78 is 7.02. The molecule has 0 fully saturated rings. The summed E-state index contributed by atoms with van der Waals surface area (Å²) in [7, 11) is 1.62. The maximum Gasteiger partial charge on any atom is 0.206 e. The van der Waals surface area contributed by atoms with Crippen LogP contribution in [-0.4, -0.2) is 32.7 Å². The normalized spacial score (nSPS) is 11.8. The molecule has 0 aliphatic heterocycles. The molecule has 0 radical (unpaired) electrons. The molecule has 106 valence electrons. The SMILES string of the molecule is COc1cccc2c(-n3ccnc3/C(N)=N/O)nccc12. The summed E-state index contributed by atoms with van der Waals surface area (Å²) in [5.74, 6) is 1.62. The number of oxime groups is 1. The lowest BCUT2D eigenvalue weighted by Crippen LogP contribution is -2.19. The van der Waals surface area contributed by atoms with Crippen molar-refractivity contribution in [2.45, 2.75) is 0 Å². The minimum atomic E-state index is -0.0818. The predicted molar refractivity (Wildman–Crippen MR) is 77.9 cm³/mol. The highest BCUT2D eigenvalue weighted by atomic mass is 16.5. The summed E-state index contributed by atoms with van der Waals surface area (Å²) >= 11 is 0. The third-order valence-electron chi connectivity index (χ3n) is 3.17. The molecule has 2 aromatic heterocycles. The fourth-order valence-electron chi connectivity index (χ4n) is 2.24. The van der Waals surface area contributed by atoms with E-state index in [2.05, 4.69) is 15.1 Å². The van der Waals surface area contributed by atoms with Crippen LogP contribution in [0.5, 0.6) is 5.75 Å². The second kappa shape index (κ2) is 5.12. The van der Waals surface area contributed by atoms with Gasteiger partial charge in [0, 0.05) is 29.4 Å². The molecule has 21 heavy (non-hydrogen) atoms. The molecule has 3 N–H and O–H groups in total. The molecule has 0 aliphatic rings. The fourth-order valence-corrected chi connectivity index (χ4v) is 2.24. The Labute approximate surface area is 120 Å². The Hall–Kier alpha value is -3.09. The number of benzene rings is 1. The molecule has 0 saturated heterocycles. The molecule has 0 atom stereocenters. The van der Waals surface area contributed by atoms with Crippen molar-refractivity contribution in [3.05, 3.63) is 48.7 Å². The van der Waals surface area contributed by atoms with Gasteiger partial charge in [-0.25, -0.2) is 9.97 Å². The minimum Gasteiger partial charge on any atom is -0.496 e. The lowest BCUT2D eigenvalue weighted by Gasteiger charge is -2.11. The lowest BCUT2D eigenvalue weighted by molar-refractivity contribution is 0.318. The van der Waals surface area contributed by atoms with E-state index in [1.807, 2.05) is 24.3 Å². The number of hydrogen-bond donors (Lipinski definition) is 2.